The average Bonchev–Trinajstić information content (AvgIpc) is 2.24. The molecule has 0 saturated carbocycles. The lowest BCUT2D eigenvalue weighted by Gasteiger charge is -2.24. The van der Waals surface area contributed by atoms with E-state index in [1.54, 1.807) is 0 Å². The molecule has 0 fully saturated rings. The standard InChI is InChI=1S/C12H22N2O2/c1-4-7-13-9-11(16)14-10-12(2,3)6-5-8-15/h1,13,15H,5-10H2,2-3H3,(H,14,16). The Morgan fingerprint density at radius 1 is 1.50 bits per heavy atom. The molecule has 0 atom stereocenters. The number of carbonyl (C=O) groups excluding carboxylic acids is 1. The highest BCUT2D eigenvalue weighted by molar-refractivity contribution is 5.78. The molecular formula is C12H22N2O2. The molecule has 4 nitrogen and oxygen atoms in total. The van der Waals surface area contributed by atoms with E-state index >= 15 is 0 Å². The molecule has 0 aliphatic rings. The molecule has 0 unspecified atom stereocenters. The first kappa shape index (κ1) is 14.9. The van der Waals surface area contributed by atoms with E-state index in [-0.39, 0.29) is 24.5 Å². The Hall–Kier alpha value is -1.05. The zero-order valence-electron chi connectivity index (χ0n) is 10.2. The van der Waals surface area contributed by atoms with Crippen molar-refractivity contribution in [2.75, 3.05) is 26.2 Å². The van der Waals surface area contributed by atoms with E-state index in [0.29, 0.717) is 13.1 Å². The zero-order valence-corrected chi connectivity index (χ0v) is 10.2. The van der Waals surface area contributed by atoms with Crippen molar-refractivity contribution in [3.63, 3.8) is 0 Å². The van der Waals surface area contributed by atoms with Gasteiger partial charge in [0.05, 0.1) is 13.1 Å². The summed E-state index contributed by atoms with van der Waals surface area (Å²) >= 11 is 0. The predicted octanol–water partition coefficient (Wildman–Crippen LogP) is 0.124. The van der Waals surface area contributed by atoms with Gasteiger partial charge in [0.25, 0.3) is 0 Å². The summed E-state index contributed by atoms with van der Waals surface area (Å²) in [5.41, 5.74) is 0.0184. The third kappa shape index (κ3) is 8.27. The van der Waals surface area contributed by atoms with Crippen molar-refractivity contribution in [1.29, 1.82) is 0 Å². The maximum Gasteiger partial charge on any atom is 0.234 e. The highest BCUT2D eigenvalue weighted by Gasteiger charge is 2.17. The minimum Gasteiger partial charge on any atom is -0.396 e. The second-order valence-corrected chi connectivity index (χ2v) is 4.58. The Morgan fingerprint density at radius 3 is 2.75 bits per heavy atom. The third-order valence-electron chi connectivity index (χ3n) is 2.29. The van der Waals surface area contributed by atoms with Gasteiger partial charge in [-0.1, -0.05) is 19.8 Å². The zero-order chi connectivity index (χ0) is 12.4. The number of hydrogen-bond donors (Lipinski definition) is 3. The largest absolute Gasteiger partial charge is 0.396 e. The molecule has 0 spiro atoms. The van der Waals surface area contributed by atoms with Crippen LogP contribution in [0.3, 0.4) is 0 Å². The van der Waals surface area contributed by atoms with Crippen LogP contribution in [0.1, 0.15) is 26.7 Å². The summed E-state index contributed by atoms with van der Waals surface area (Å²) in [6.07, 6.45) is 6.70. The van der Waals surface area contributed by atoms with Crippen molar-refractivity contribution >= 4 is 5.91 Å². The van der Waals surface area contributed by atoms with Gasteiger partial charge in [0.1, 0.15) is 0 Å². The fourth-order valence-electron chi connectivity index (χ4n) is 1.29. The van der Waals surface area contributed by atoms with Gasteiger partial charge in [0.15, 0.2) is 0 Å². The molecule has 16 heavy (non-hydrogen) atoms. The van der Waals surface area contributed by atoms with Crippen LogP contribution >= 0.6 is 0 Å². The Bertz CT molecular complexity index is 244. The van der Waals surface area contributed by atoms with E-state index in [2.05, 4.69) is 30.4 Å². The van der Waals surface area contributed by atoms with E-state index in [1.165, 1.54) is 0 Å². The molecule has 1 amide bonds. The van der Waals surface area contributed by atoms with Gasteiger partial charge in [-0.15, -0.1) is 6.42 Å². The van der Waals surface area contributed by atoms with Crippen LogP contribution in [0.25, 0.3) is 0 Å². The van der Waals surface area contributed by atoms with Gasteiger partial charge in [-0.25, -0.2) is 0 Å². The topological polar surface area (TPSA) is 61.4 Å². The average molecular weight is 226 g/mol. The highest BCUT2D eigenvalue weighted by atomic mass is 16.2. The number of terminal acetylenes is 1. The molecule has 3 N–H and O–H groups in total. The molecule has 0 aliphatic heterocycles. The van der Waals surface area contributed by atoms with Crippen LogP contribution in [-0.2, 0) is 4.79 Å². The Balaban J connectivity index is 3.69. The van der Waals surface area contributed by atoms with Gasteiger partial charge in [0, 0.05) is 13.2 Å². The molecule has 0 radical (unpaired) electrons. The maximum atomic E-state index is 11.3. The lowest BCUT2D eigenvalue weighted by Crippen LogP contribution is -2.39. The molecule has 0 rings (SSSR count). The summed E-state index contributed by atoms with van der Waals surface area (Å²) < 4.78 is 0. The monoisotopic (exact) mass is 226 g/mol. The van der Waals surface area contributed by atoms with Crippen molar-refractivity contribution in [3.8, 4) is 12.3 Å². The fourth-order valence-corrected chi connectivity index (χ4v) is 1.29. The molecular weight excluding hydrogens is 204 g/mol. The Labute approximate surface area is 97.8 Å². The van der Waals surface area contributed by atoms with E-state index in [4.69, 9.17) is 11.5 Å². The smallest absolute Gasteiger partial charge is 0.234 e. The predicted molar refractivity (Wildman–Crippen MR) is 64.8 cm³/mol. The van der Waals surface area contributed by atoms with Gasteiger partial charge in [0.2, 0.25) is 5.91 Å². The summed E-state index contributed by atoms with van der Waals surface area (Å²) in [7, 11) is 0. The van der Waals surface area contributed by atoms with Crippen molar-refractivity contribution < 1.29 is 9.90 Å². The second-order valence-electron chi connectivity index (χ2n) is 4.58. The van der Waals surface area contributed by atoms with Gasteiger partial charge >= 0.3 is 0 Å². The van der Waals surface area contributed by atoms with Gasteiger partial charge in [-0.3, -0.25) is 10.1 Å². The SMILES string of the molecule is C#CCNCC(=O)NCC(C)(C)CCCO. The Morgan fingerprint density at radius 2 is 2.19 bits per heavy atom. The summed E-state index contributed by atoms with van der Waals surface area (Å²) in [4.78, 5) is 11.3. The van der Waals surface area contributed by atoms with Crippen LogP contribution in [0.4, 0.5) is 0 Å². The fraction of sp³-hybridized carbons (Fsp3) is 0.750. The minimum absolute atomic E-state index is 0.0184. The van der Waals surface area contributed by atoms with Crippen molar-refractivity contribution in [1.82, 2.24) is 10.6 Å². The molecule has 0 aliphatic carbocycles. The molecule has 0 saturated heterocycles. The summed E-state index contributed by atoms with van der Waals surface area (Å²) in [5, 5.41) is 14.4. The molecule has 4 heteroatoms. The summed E-state index contributed by atoms with van der Waals surface area (Å²) in [6, 6.07) is 0. The number of hydrogen-bond acceptors (Lipinski definition) is 3. The van der Waals surface area contributed by atoms with Crippen LogP contribution in [0.15, 0.2) is 0 Å². The lowest BCUT2D eigenvalue weighted by molar-refractivity contribution is -0.120. The van der Waals surface area contributed by atoms with Crippen molar-refractivity contribution in [2.45, 2.75) is 26.7 Å². The quantitative estimate of drug-likeness (QED) is 0.407. The van der Waals surface area contributed by atoms with Crippen molar-refractivity contribution in [2.24, 2.45) is 5.41 Å². The first-order valence-corrected chi connectivity index (χ1v) is 5.53. The van der Waals surface area contributed by atoms with E-state index in [9.17, 15) is 4.79 Å². The number of carbonyl (C=O) groups is 1. The van der Waals surface area contributed by atoms with E-state index in [0.717, 1.165) is 12.8 Å². The molecule has 0 heterocycles. The lowest BCUT2D eigenvalue weighted by atomic mass is 9.88. The van der Waals surface area contributed by atoms with Crippen LogP contribution in [-0.4, -0.2) is 37.3 Å². The first-order valence-electron chi connectivity index (χ1n) is 5.53. The van der Waals surface area contributed by atoms with Gasteiger partial charge in [-0.2, -0.15) is 0 Å². The van der Waals surface area contributed by atoms with E-state index < -0.39 is 0 Å². The number of aliphatic hydroxyl groups is 1. The molecule has 0 aromatic rings. The maximum absolute atomic E-state index is 11.3. The van der Waals surface area contributed by atoms with Crippen molar-refractivity contribution in [3.05, 3.63) is 0 Å². The number of amides is 1. The van der Waals surface area contributed by atoms with E-state index in [1.807, 2.05) is 0 Å². The molecule has 92 valence electrons. The third-order valence-corrected chi connectivity index (χ3v) is 2.29. The number of rotatable bonds is 8. The summed E-state index contributed by atoms with van der Waals surface area (Å²) in [6.45, 7) is 5.60. The second kappa shape index (κ2) is 8.14. The van der Waals surface area contributed by atoms with Gasteiger partial charge in [-0.05, 0) is 18.3 Å². The molecule has 0 aromatic carbocycles. The molecule has 0 bridgehead atoms. The van der Waals surface area contributed by atoms with Crippen LogP contribution in [0.5, 0.6) is 0 Å². The van der Waals surface area contributed by atoms with Crippen LogP contribution in [0.2, 0.25) is 0 Å². The number of aliphatic hydroxyl groups excluding tert-OH is 1. The first-order chi connectivity index (χ1) is 7.52. The highest BCUT2D eigenvalue weighted by Crippen LogP contribution is 2.20. The van der Waals surface area contributed by atoms with Crippen LogP contribution < -0.4 is 10.6 Å². The normalized spacial score (nSPS) is 10.9. The van der Waals surface area contributed by atoms with Gasteiger partial charge < -0.3 is 10.4 Å². The Kier molecular flexibility index (Phi) is 7.61. The van der Waals surface area contributed by atoms with Crippen LogP contribution in [0, 0.1) is 17.8 Å². The molecule has 0 aromatic heterocycles. The minimum atomic E-state index is -0.0488. The number of nitrogens with one attached hydrogen (secondary N) is 2. The summed E-state index contributed by atoms with van der Waals surface area (Å²) in [5.74, 6) is 2.36.